The topological polar surface area (TPSA) is 59.1 Å². The van der Waals surface area contributed by atoms with Gasteiger partial charge in [0.2, 0.25) is 6.79 Å². The molecule has 0 spiro atoms. The van der Waals surface area contributed by atoms with Crippen LogP contribution >= 0.6 is 0 Å². The zero-order valence-electron chi connectivity index (χ0n) is 18.0. The summed E-state index contributed by atoms with van der Waals surface area (Å²) in [4.78, 5) is 30.3. The molecule has 3 aromatic carbocycles. The highest BCUT2D eigenvalue weighted by Crippen LogP contribution is 2.37. The maximum atomic E-state index is 13.7. The van der Waals surface area contributed by atoms with Gasteiger partial charge in [-0.25, -0.2) is 4.39 Å². The maximum absolute atomic E-state index is 13.7. The number of carbonyl (C=O) groups is 2. The second-order valence-corrected chi connectivity index (χ2v) is 7.69. The van der Waals surface area contributed by atoms with Crippen molar-refractivity contribution in [2.45, 2.75) is 13.5 Å². The number of hydrogen-bond donors (Lipinski definition) is 0. The minimum absolute atomic E-state index is 0.0782. The van der Waals surface area contributed by atoms with Crippen molar-refractivity contribution in [3.63, 3.8) is 0 Å². The third kappa shape index (κ3) is 3.71. The number of amides is 2. The number of nitrogens with zero attached hydrogens (tertiary/aromatic N) is 2. The number of halogens is 1. The number of benzene rings is 3. The zero-order chi connectivity index (χ0) is 22.9. The van der Waals surface area contributed by atoms with E-state index in [1.165, 1.54) is 29.2 Å². The van der Waals surface area contributed by atoms with Crippen LogP contribution in [-0.4, -0.2) is 30.1 Å². The highest BCUT2D eigenvalue weighted by Gasteiger charge is 2.41. The minimum Gasteiger partial charge on any atom is -0.454 e. The first-order valence-electron chi connectivity index (χ1n) is 10.6. The normalized spacial score (nSPS) is 14.9. The molecule has 0 aromatic heterocycles. The number of ether oxygens (including phenoxy) is 2. The number of fused-ring (bicyclic) bond motifs is 1. The van der Waals surface area contributed by atoms with E-state index in [1.54, 1.807) is 18.2 Å². The van der Waals surface area contributed by atoms with Crippen molar-refractivity contribution in [3.8, 4) is 11.5 Å². The first-order chi connectivity index (χ1) is 16.1. The van der Waals surface area contributed by atoms with E-state index < -0.39 is 17.6 Å². The molecular weight excluding hydrogens is 423 g/mol. The largest absolute Gasteiger partial charge is 0.454 e. The van der Waals surface area contributed by atoms with E-state index in [0.29, 0.717) is 23.6 Å². The van der Waals surface area contributed by atoms with Crippen LogP contribution in [0.2, 0.25) is 0 Å². The van der Waals surface area contributed by atoms with Gasteiger partial charge in [-0.2, -0.15) is 0 Å². The van der Waals surface area contributed by atoms with Crippen LogP contribution in [0.5, 0.6) is 11.5 Å². The second kappa shape index (κ2) is 8.43. The van der Waals surface area contributed by atoms with Crippen LogP contribution in [0.15, 0.2) is 78.5 Å². The lowest BCUT2D eigenvalue weighted by Gasteiger charge is -2.25. The van der Waals surface area contributed by atoms with Gasteiger partial charge in [0.1, 0.15) is 11.5 Å². The van der Waals surface area contributed by atoms with Crippen LogP contribution in [-0.2, 0) is 16.1 Å². The van der Waals surface area contributed by atoms with E-state index in [4.69, 9.17) is 9.47 Å². The summed E-state index contributed by atoms with van der Waals surface area (Å²) < 4.78 is 24.4. The summed E-state index contributed by atoms with van der Waals surface area (Å²) in [6.07, 6.45) is 0. The van der Waals surface area contributed by atoms with Crippen molar-refractivity contribution in [2.24, 2.45) is 0 Å². The van der Waals surface area contributed by atoms with Crippen molar-refractivity contribution in [1.29, 1.82) is 0 Å². The van der Waals surface area contributed by atoms with Gasteiger partial charge < -0.3 is 14.4 Å². The molecule has 0 unspecified atom stereocenters. The van der Waals surface area contributed by atoms with Crippen LogP contribution in [0.4, 0.5) is 10.1 Å². The minimum atomic E-state index is -0.423. The Labute approximate surface area is 190 Å². The Balaban J connectivity index is 1.57. The van der Waals surface area contributed by atoms with Gasteiger partial charge in [0.25, 0.3) is 11.8 Å². The number of likely N-dealkylation sites (N-methyl/N-ethyl adjacent to an activating group) is 1. The molecule has 2 aliphatic rings. The van der Waals surface area contributed by atoms with Crippen molar-refractivity contribution in [2.75, 3.05) is 18.2 Å². The molecule has 3 aromatic rings. The van der Waals surface area contributed by atoms with E-state index in [0.717, 1.165) is 11.3 Å². The van der Waals surface area contributed by atoms with Crippen LogP contribution in [0.1, 0.15) is 18.1 Å². The van der Waals surface area contributed by atoms with Gasteiger partial charge in [-0.15, -0.1) is 0 Å². The molecule has 166 valence electrons. The number of carbonyl (C=O) groups excluding carboxylic acids is 2. The lowest BCUT2D eigenvalue weighted by molar-refractivity contribution is -0.137. The van der Waals surface area contributed by atoms with Crippen LogP contribution in [0, 0.1) is 5.82 Å². The number of rotatable bonds is 6. The van der Waals surface area contributed by atoms with Crippen LogP contribution in [0.3, 0.4) is 0 Å². The SMILES string of the molecule is CCN(C1=C(c2ccc(F)cc2)C(=O)N(Cc2ccc3c(c2)OCO3)C1=O)c1ccccc1. The molecule has 0 aliphatic carbocycles. The van der Waals surface area contributed by atoms with E-state index >= 15 is 0 Å². The predicted molar refractivity (Wildman–Crippen MR) is 121 cm³/mol. The van der Waals surface area contributed by atoms with E-state index in [2.05, 4.69) is 0 Å². The van der Waals surface area contributed by atoms with E-state index in [-0.39, 0.29) is 24.6 Å². The maximum Gasteiger partial charge on any atom is 0.278 e. The molecule has 2 heterocycles. The average molecular weight is 444 g/mol. The fourth-order valence-corrected chi connectivity index (χ4v) is 4.13. The Morgan fingerprint density at radius 2 is 1.64 bits per heavy atom. The summed E-state index contributed by atoms with van der Waals surface area (Å²) in [5.74, 6) is -0.0236. The molecule has 5 rings (SSSR count). The Hall–Kier alpha value is -4.13. The summed E-state index contributed by atoms with van der Waals surface area (Å²) >= 11 is 0. The molecule has 0 atom stereocenters. The molecule has 0 fully saturated rings. The number of imide groups is 1. The standard InChI is InChI=1S/C26H21FN2O4/c1-2-28(20-6-4-3-5-7-20)24-23(18-9-11-19(27)12-10-18)25(30)29(26(24)31)15-17-8-13-21-22(14-17)33-16-32-21/h3-14H,2,15-16H2,1H3. The number of para-hydroxylation sites is 1. The molecule has 33 heavy (non-hydrogen) atoms. The molecule has 0 saturated carbocycles. The van der Waals surface area contributed by atoms with Crippen LogP contribution in [0.25, 0.3) is 5.57 Å². The Morgan fingerprint density at radius 1 is 0.909 bits per heavy atom. The Kier molecular flexibility index (Phi) is 5.30. The quantitative estimate of drug-likeness (QED) is 0.529. The predicted octanol–water partition coefficient (Wildman–Crippen LogP) is 4.36. The van der Waals surface area contributed by atoms with Crippen molar-refractivity contribution in [3.05, 3.63) is 95.4 Å². The lowest BCUT2D eigenvalue weighted by atomic mass is 10.0. The second-order valence-electron chi connectivity index (χ2n) is 7.69. The zero-order valence-corrected chi connectivity index (χ0v) is 18.0. The van der Waals surface area contributed by atoms with Crippen molar-refractivity contribution >= 4 is 23.1 Å². The van der Waals surface area contributed by atoms with Crippen LogP contribution < -0.4 is 14.4 Å². The van der Waals surface area contributed by atoms with Crippen molar-refractivity contribution in [1.82, 2.24) is 4.90 Å². The molecule has 2 aliphatic heterocycles. The fraction of sp³-hybridized carbons (Fsp3) is 0.154. The summed E-state index contributed by atoms with van der Waals surface area (Å²) in [5.41, 5.74) is 2.56. The molecule has 6 nitrogen and oxygen atoms in total. The summed E-state index contributed by atoms with van der Waals surface area (Å²) in [6.45, 7) is 2.61. The number of anilines is 1. The summed E-state index contributed by atoms with van der Waals surface area (Å²) in [6, 6.07) is 20.4. The highest BCUT2D eigenvalue weighted by atomic mass is 19.1. The summed E-state index contributed by atoms with van der Waals surface area (Å²) in [5, 5.41) is 0. The van der Waals surface area contributed by atoms with Gasteiger partial charge in [-0.1, -0.05) is 36.4 Å². The lowest BCUT2D eigenvalue weighted by Crippen LogP contribution is -2.34. The Morgan fingerprint density at radius 3 is 2.36 bits per heavy atom. The molecule has 2 amide bonds. The van der Waals surface area contributed by atoms with Crippen molar-refractivity contribution < 1.29 is 23.5 Å². The van der Waals surface area contributed by atoms with Gasteiger partial charge >= 0.3 is 0 Å². The molecular formula is C26H21FN2O4. The first-order valence-corrected chi connectivity index (χ1v) is 10.6. The first kappa shape index (κ1) is 20.8. The highest BCUT2D eigenvalue weighted by molar-refractivity contribution is 6.36. The van der Waals surface area contributed by atoms with E-state index in [9.17, 15) is 14.0 Å². The molecule has 0 N–H and O–H groups in total. The molecule has 0 saturated heterocycles. The third-order valence-electron chi connectivity index (χ3n) is 5.71. The molecule has 0 radical (unpaired) electrons. The smallest absolute Gasteiger partial charge is 0.278 e. The van der Waals surface area contributed by atoms with Gasteiger partial charge in [0, 0.05) is 12.2 Å². The van der Waals surface area contributed by atoms with Gasteiger partial charge in [0.05, 0.1) is 12.1 Å². The molecule has 7 heteroatoms. The monoisotopic (exact) mass is 444 g/mol. The van der Waals surface area contributed by atoms with Gasteiger partial charge in [-0.05, 0) is 54.4 Å². The van der Waals surface area contributed by atoms with Gasteiger partial charge in [-0.3, -0.25) is 14.5 Å². The molecule has 0 bridgehead atoms. The fourth-order valence-electron chi connectivity index (χ4n) is 4.13. The average Bonchev–Trinajstić information content (AvgIpc) is 3.39. The van der Waals surface area contributed by atoms with Gasteiger partial charge in [0.15, 0.2) is 11.5 Å². The third-order valence-corrected chi connectivity index (χ3v) is 5.71. The Bertz CT molecular complexity index is 1260. The van der Waals surface area contributed by atoms with E-state index in [1.807, 2.05) is 42.2 Å². The summed E-state index contributed by atoms with van der Waals surface area (Å²) in [7, 11) is 0. The number of hydrogen-bond acceptors (Lipinski definition) is 5.